The minimum Gasteiger partial charge on any atom is -0.327 e. The molecule has 16 heavy (non-hydrogen) atoms. The van der Waals surface area contributed by atoms with Crippen molar-refractivity contribution in [2.24, 2.45) is 0 Å². The predicted molar refractivity (Wildman–Crippen MR) is 58.0 cm³/mol. The van der Waals surface area contributed by atoms with E-state index in [4.69, 9.17) is 0 Å². The summed E-state index contributed by atoms with van der Waals surface area (Å²) in [7, 11) is 0. The second kappa shape index (κ2) is 7.41. The molecule has 0 aliphatic carbocycles. The molecule has 0 aromatic carbocycles. The molecular formula is C6H6O7S3. The van der Waals surface area contributed by atoms with Crippen molar-refractivity contribution in [2.45, 2.75) is 0 Å². The maximum Gasteiger partial charge on any atom is 0.423 e. The van der Waals surface area contributed by atoms with Gasteiger partial charge in [0.05, 0.1) is 11.5 Å². The van der Waals surface area contributed by atoms with Gasteiger partial charge in [-0.05, 0) is 0 Å². The lowest BCUT2D eigenvalue weighted by Gasteiger charge is -2.00. The molecule has 0 radical (unpaired) electrons. The third-order valence-corrected chi connectivity index (χ3v) is 2.18. The fourth-order valence-electron chi connectivity index (χ4n) is 0.363. The van der Waals surface area contributed by atoms with E-state index in [-0.39, 0.29) is 0 Å². The molecule has 0 saturated carbocycles. The normalized spacial score (nSPS) is 9.69. The fourth-order valence-corrected chi connectivity index (χ4v) is 1.09. The number of carbonyl (C=O) groups excluding carboxylic acids is 4. The van der Waals surface area contributed by atoms with E-state index in [1.807, 2.05) is 0 Å². The molecule has 0 aliphatic rings. The van der Waals surface area contributed by atoms with Gasteiger partial charge in [-0.3, -0.25) is 9.59 Å². The fraction of sp³-hybridized carbons (Fsp3) is 0.333. The Balaban J connectivity index is 4.20. The van der Waals surface area contributed by atoms with Crippen molar-refractivity contribution in [1.82, 2.24) is 0 Å². The summed E-state index contributed by atoms with van der Waals surface area (Å²) >= 11 is 4.11. The van der Waals surface area contributed by atoms with Crippen LogP contribution in [0, 0.1) is 0 Å². The van der Waals surface area contributed by atoms with Gasteiger partial charge in [0.2, 0.25) is 0 Å². The van der Waals surface area contributed by atoms with Gasteiger partial charge in [-0.2, -0.15) is 29.5 Å². The highest BCUT2D eigenvalue weighted by Crippen LogP contribution is 1.95. The first kappa shape index (κ1) is 15.1. The molecular weight excluding hydrogens is 280 g/mol. The third kappa shape index (κ3) is 5.28. The van der Waals surface area contributed by atoms with Gasteiger partial charge >= 0.3 is 23.3 Å². The van der Waals surface area contributed by atoms with E-state index in [1.54, 1.807) is 0 Å². The highest BCUT2D eigenvalue weighted by Gasteiger charge is 2.23. The first-order valence-corrected chi connectivity index (χ1v) is 5.83. The summed E-state index contributed by atoms with van der Waals surface area (Å²) in [5, 5.41) is 0. The van der Waals surface area contributed by atoms with Crippen LogP contribution in [0.5, 0.6) is 0 Å². The van der Waals surface area contributed by atoms with Crippen LogP contribution >= 0.6 is 25.3 Å². The molecule has 0 N–H and O–H groups in total. The standard InChI is InChI=1S/C6H6O7S3/c7-3(1-14)5(9)12-16(11)13-6(10)4(8)2-15/h14-15H,1-2H2. The van der Waals surface area contributed by atoms with E-state index in [1.165, 1.54) is 0 Å². The Kier molecular flexibility index (Phi) is 7.01. The molecule has 0 spiro atoms. The molecule has 0 aromatic rings. The maximum atomic E-state index is 10.8. The van der Waals surface area contributed by atoms with Gasteiger partial charge in [0.1, 0.15) is 0 Å². The van der Waals surface area contributed by atoms with Crippen molar-refractivity contribution >= 4 is 60.1 Å². The summed E-state index contributed by atoms with van der Waals surface area (Å²) in [6.07, 6.45) is 0. The zero-order valence-corrected chi connectivity index (χ0v) is 10.2. The SMILES string of the molecule is O=C(CS)C(=O)OS(=O)OC(=O)C(=O)CS. The number of hydrogen-bond acceptors (Lipinski definition) is 9. The average molecular weight is 286 g/mol. The molecule has 90 valence electrons. The van der Waals surface area contributed by atoms with Gasteiger partial charge in [-0.15, -0.1) is 0 Å². The number of Topliss-reactive ketones (excluding diaryl/α,β-unsaturated/α-hetero) is 2. The number of hydrogen-bond donors (Lipinski definition) is 2. The molecule has 10 heteroatoms. The van der Waals surface area contributed by atoms with Crippen LogP contribution in [0.15, 0.2) is 0 Å². The van der Waals surface area contributed by atoms with Crippen molar-refractivity contribution < 1.29 is 31.8 Å². The molecule has 0 bridgehead atoms. The van der Waals surface area contributed by atoms with E-state index in [2.05, 4.69) is 33.6 Å². The Morgan fingerprint density at radius 2 is 1.19 bits per heavy atom. The molecule has 0 unspecified atom stereocenters. The average Bonchev–Trinajstić information content (AvgIpc) is 2.26. The van der Waals surface area contributed by atoms with Crippen molar-refractivity contribution in [3.8, 4) is 0 Å². The quantitative estimate of drug-likeness (QED) is 0.459. The number of rotatable bonds is 6. The monoisotopic (exact) mass is 286 g/mol. The summed E-state index contributed by atoms with van der Waals surface area (Å²) in [5.74, 6) is -5.96. The second-order valence-corrected chi connectivity index (χ2v) is 3.48. The topological polar surface area (TPSA) is 104 Å². The van der Waals surface area contributed by atoms with Crippen molar-refractivity contribution in [3.05, 3.63) is 0 Å². The molecule has 0 aliphatic heterocycles. The van der Waals surface area contributed by atoms with Gasteiger partial charge in [0, 0.05) is 0 Å². The van der Waals surface area contributed by atoms with E-state index < -0.39 is 46.4 Å². The minimum absolute atomic E-state index is 0.445. The van der Waals surface area contributed by atoms with Gasteiger partial charge in [0.15, 0.2) is 0 Å². The van der Waals surface area contributed by atoms with E-state index in [0.717, 1.165) is 0 Å². The van der Waals surface area contributed by atoms with Gasteiger partial charge < -0.3 is 8.37 Å². The van der Waals surface area contributed by atoms with Crippen LogP contribution in [0.2, 0.25) is 0 Å². The first-order chi connectivity index (χ1) is 7.42. The van der Waals surface area contributed by atoms with Crippen molar-refractivity contribution in [1.29, 1.82) is 0 Å². The lowest BCUT2D eigenvalue weighted by molar-refractivity contribution is -0.148. The number of thiol groups is 2. The summed E-state index contributed by atoms with van der Waals surface area (Å²) in [4.78, 5) is 42.6. The van der Waals surface area contributed by atoms with Crippen LogP contribution in [0.4, 0.5) is 0 Å². The Labute approximate surface area is 104 Å². The molecule has 7 nitrogen and oxygen atoms in total. The second-order valence-electron chi connectivity index (χ2n) is 2.11. The molecule has 0 atom stereocenters. The van der Waals surface area contributed by atoms with E-state index >= 15 is 0 Å². The Morgan fingerprint density at radius 3 is 1.44 bits per heavy atom. The molecule has 0 heterocycles. The van der Waals surface area contributed by atoms with Crippen LogP contribution in [0.25, 0.3) is 0 Å². The van der Waals surface area contributed by atoms with Crippen molar-refractivity contribution in [2.75, 3.05) is 11.5 Å². The smallest absolute Gasteiger partial charge is 0.327 e. The highest BCUT2D eigenvalue weighted by molar-refractivity contribution is 7.81. The zero-order chi connectivity index (χ0) is 12.7. The summed E-state index contributed by atoms with van der Waals surface area (Å²) in [6.45, 7) is 0. The first-order valence-electron chi connectivity index (χ1n) is 3.56. The maximum absolute atomic E-state index is 10.8. The lowest BCUT2D eigenvalue weighted by Crippen LogP contribution is -2.25. The van der Waals surface area contributed by atoms with Gasteiger partial charge in [-0.25, -0.2) is 9.59 Å². The summed E-state index contributed by atoms with van der Waals surface area (Å²) in [5.41, 5.74) is 0. The van der Waals surface area contributed by atoms with E-state index in [9.17, 15) is 23.4 Å². The molecule has 0 saturated heterocycles. The van der Waals surface area contributed by atoms with Crippen LogP contribution in [-0.2, 0) is 38.9 Å². The predicted octanol–water partition coefficient (Wildman–Crippen LogP) is -1.35. The lowest BCUT2D eigenvalue weighted by atomic mass is 10.5. The van der Waals surface area contributed by atoms with Crippen LogP contribution in [0.3, 0.4) is 0 Å². The van der Waals surface area contributed by atoms with Crippen LogP contribution in [0.1, 0.15) is 0 Å². The largest absolute Gasteiger partial charge is 0.423 e. The van der Waals surface area contributed by atoms with Gasteiger partial charge in [-0.1, -0.05) is 0 Å². The van der Waals surface area contributed by atoms with Crippen LogP contribution in [-0.4, -0.2) is 39.2 Å². The third-order valence-electron chi connectivity index (χ3n) is 1.03. The summed E-state index contributed by atoms with van der Waals surface area (Å²) in [6, 6.07) is 0. The zero-order valence-electron chi connectivity index (χ0n) is 7.57. The molecule has 0 amide bonds. The van der Waals surface area contributed by atoms with Crippen LogP contribution < -0.4 is 0 Å². The Morgan fingerprint density at radius 1 is 0.875 bits per heavy atom. The van der Waals surface area contributed by atoms with Gasteiger partial charge in [0.25, 0.3) is 11.6 Å². The Bertz CT molecular complexity index is 318. The Hall–Kier alpha value is -0.870. The van der Waals surface area contributed by atoms with E-state index in [0.29, 0.717) is 0 Å². The summed E-state index contributed by atoms with van der Waals surface area (Å²) < 4.78 is 18.5. The molecule has 0 rings (SSSR count). The number of ketones is 2. The molecule has 0 aromatic heterocycles. The molecule has 0 fully saturated rings. The number of carbonyl (C=O) groups is 4. The minimum atomic E-state index is -2.83. The van der Waals surface area contributed by atoms with Crippen molar-refractivity contribution in [3.63, 3.8) is 0 Å². The highest BCUT2D eigenvalue weighted by atomic mass is 32.2.